The number of nitrogens with zero attached hydrogens (tertiary/aromatic N) is 3. The van der Waals surface area contributed by atoms with Crippen molar-refractivity contribution in [3.8, 4) is 11.6 Å². The molecule has 2 heterocycles. The number of hydrogen-bond donors (Lipinski definition) is 2. The van der Waals surface area contributed by atoms with E-state index in [0.29, 0.717) is 24.8 Å². The Labute approximate surface area is 163 Å². The maximum atomic E-state index is 12.2. The molecule has 8 nitrogen and oxygen atoms in total. The summed E-state index contributed by atoms with van der Waals surface area (Å²) < 4.78 is 12.2. The molecule has 0 fully saturated rings. The predicted molar refractivity (Wildman–Crippen MR) is 106 cm³/mol. The summed E-state index contributed by atoms with van der Waals surface area (Å²) in [5.74, 6) is 0.481. The summed E-state index contributed by atoms with van der Waals surface area (Å²) in [6.45, 7) is 2.84. The lowest BCUT2D eigenvalue weighted by Gasteiger charge is -2.16. The first-order chi connectivity index (χ1) is 13.7. The second-order valence-electron chi connectivity index (χ2n) is 6.11. The van der Waals surface area contributed by atoms with E-state index in [0.717, 1.165) is 11.3 Å². The van der Waals surface area contributed by atoms with E-state index in [1.54, 1.807) is 38.0 Å². The number of rotatable bonds is 8. The molecule has 0 aliphatic carbocycles. The summed E-state index contributed by atoms with van der Waals surface area (Å²) in [5.41, 5.74) is 2.59. The summed E-state index contributed by atoms with van der Waals surface area (Å²) in [4.78, 5) is 20.4. The number of carbonyl (C=O) groups excluding carboxylic acids is 1. The Balaban J connectivity index is 1.51. The van der Waals surface area contributed by atoms with Gasteiger partial charge in [0.1, 0.15) is 6.61 Å². The van der Waals surface area contributed by atoms with Crippen molar-refractivity contribution in [3.63, 3.8) is 0 Å². The van der Waals surface area contributed by atoms with Gasteiger partial charge in [0.25, 0.3) is 0 Å². The van der Waals surface area contributed by atoms with Gasteiger partial charge in [-0.1, -0.05) is 12.1 Å². The van der Waals surface area contributed by atoms with Gasteiger partial charge in [-0.2, -0.15) is 0 Å². The Morgan fingerprint density at radius 3 is 2.64 bits per heavy atom. The van der Waals surface area contributed by atoms with Crippen molar-refractivity contribution in [1.29, 1.82) is 0 Å². The van der Waals surface area contributed by atoms with Crippen LogP contribution >= 0.6 is 0 Å². The number of urea groups is 1. The fourth-order valence-corrected chi connectivity index (χ4v) is 2.56. The molecule has 1 unspecified atom stereocenters. The number of benzene rings is 1. The summed E-state index contributed by atoms with van der Waals surface area (Å²) >= 11 is 0. The lowest BCUT2D eigenvalue weighted by molar-refractivity contribution is 0.144. The molecular weight excluding hydrogens is 358 g/mol. The molecule has 0 radical (unpaired) electrons. The Kier molecular flexibility index (Phi) is 6.59. The molecule has 146 valence electrons. The van der Waals surface area contributed by atoms with Gasteiger partial charge in [-0.3, -0.25) is 0 Å². The molecule has 8 heteroatoms. The van der Waals surface area contributed by atoms with Crippen molar-refractivity contribution in [2.45, 2.75) is 13.0 Å². The Morgan fingerprint density at radius 2 is 2.00 bits per heavy atom. The minimum absolute atomic E-state index is 0.151. The van der Waals surface area contributed by atoms with Crippen LogP contribution in [0.3, 0.4) is 0 Å². The van der Waals surface area contributed by atoms with Crippen LogP contribution in [0.5, 0.6) is 5.88 Å². The highest BCUT2D eigenvalue weighted by molar-refractivity contribution is 5.89. The number of amides is 2. The molecule has 0 aliphatic heterocycles. The number of aromatic nitrogens is 3. The average molecular weight is 381 g/mol. The third kappa shape index (κ3) is 5.31. The third-order valence-corrected chi connectivity index (χ3v) is 4.07. The Morgan fingerprint density at radius 1 is 1.18 bits per heavy atom. The van der Waals surface area contributed by atoms with Crippen molar-refractivity contribution < 1.29 is 14.3 Å². The van der Waals surface area contributed by atoms with Crippen molar-refractivity contribution in [2.24, 2.45) is 0 Å². The van der Waals surface area contributed by atoms with Gasteiger partial charge in [-0.15, -0.1) is 0 Å². The molecule has 0 spiro atoms. The van der Waals surface area contributed by atoms with Gasteiger partial charge in [-0.25, -0.2) is 14.8 Å². The number of methoxy groups -OCH3 is 1. The molecule has 2 amide bonds. The standard InChI is InChI=1S/C20H23N5O3/c1-15(16-3-6-18(7-4-16)25-10-9-21-14-25)23-20(26)24-17-5-8-19(22-13-17)28-12-11-27-2/h3-10,13-15H,11-12H2,1-2H3,(H2,23,24,26). The summed E-state index contributed by atoms with van der Waals surface area (Å²) in [6, 6.07) is 10.9. The topological polar surface area (TPSA) is 90.3 Å². The number of carbonyl (C=O) groups is 1. The highest BCUT2D eigenvalue weighted by Crippen LogP contribution is 2.16. The first-order valence-corrected chi connectivity index (χ1v) is 8.89. The van der Waals surface area contributed by atoms with Crippen LogP contribution in [0.1, 0.15) is 18.5 Å². The summed E-state index contributed by atoms with van der Waals surface area (Å²) in [5, 5.41) is 5.68. The second kappa shape index (κ2) is 9.52. The lowest BCUT2D eigenvalue weighted by Crippen LogP contribution is -2.31. The van der Waals surface area contributed by atoms with Gasteiger partial charge >= 0.3 is 6.03 Å². The Bertz CT molecular complexity index is 864. The SMILES string of the molecule is COCCOc1ccc(NC(=O)NC(C)c2ccc(-n3ccnc3)cc2)cn1. The van der Waals surface area contributed by atoms with Crippen LogP contribution < -0.4 is 15.4 Å². The van der Waals surface area contributed by atoms with E-state index in [-0.39, 0.29) is 12.1 Å². The highest BCUT2D eigenvalue weighted by Gasteiger charge is 2.10. The van der Waals surface area contributed by atoms with E-state index in [4.69, 9.17) is 9.47 Å². The van der Waals surface area contributed by atoms with E-state index in [1.165, 1.54) is 0 Å². The molecule has 3 rings (SSSR count). The smallest absolute Gasteiger partial charge is 0.319 e. The number of nitrogens with one attached hydrogen (secondary N) is 2. The summed E-state index contributed by atoms with van der Waals surface area (Å²) in [6.07, 6.45) is 6.90. The van der Waals surface area contributed by atoms with Gasteiger partial charge < -0.3 is 24.7 Å². The zero-order chi connectivity index (χ0) is 19.8. The van der Waals surface area contributed by atoms with E-state index < -0.39 is 0 Å². The third-order valence-electron chi connectivity index (χ3n) is 4.07. The molecule has 3 aromatic rings. The van der Waals surface area contributed by atoms with Crippen molar-refractivity contribution in [3.05, 3.63) is 66.9 Å². The molecule has 28 heavy (non-hydrogen) atoms. The minimum atomic E-state index is -0.305. The van der Waals surface area contributed by atoms with Crippen molar-refractivity contribution in [1.82, 2.24) is 19.9 Å². The molecular formula is C20H23N5O3. The Hall–Kier alpha value is -3.39. The van der Waals surface area contributed by atoms with Gasteiger partial charge in [-0.05, 0) is 30.7 Å². The van der Waals surface area contributed by atoms with Crippen LogP contribution in [-0.4, -0.2) is 40.9 Å². The first-order valence-electron chi connectivity index (χ1n) is 8.89. The van der Waals surface area contributed by atoms with Crippen LogP contribution in [0.15, 0.2) is 61.3 Å². The fraction of sp³-hybridized carbons (Fsp3) is 0.250. The number of imidazole rings is 1. The maximum absolute atomic E-state index is 12.2. The van der Waals surface area contributed by atoms with Crippen LogP contribution in [0, 0.1) is 0 Å². The fourth-order valence-electron chi connectivity index (χ4n) is 2.56. The van der Waals surface area contributed by atoms with Crippen molar-refractivity contribution in [2.75, 3.05) is 25.6 Å². The minimum Gasteiger partial charge on any atom is -0.475 e. The predicted octanol–water partition coefficient (Wildman–Crippen LogP) is 3.18. The van der Waals surface area contributed by atoms with E-state index in [9.17, 15) is 4.79 Å². The lowest BCUT2D eigenvalue weighted by atomic mass is 10.1. The molecule has 2 aromatic heterocycles. The number of pyridine rings is 1. The zero-order valence-electron chi connectivity index (χ0n) is 15.8. The number of hydrogen-bond acceptors (Lipinski definition) is 5. The van der Waals surface area contributed by atoms with Gasteiger partial charge in [0.05, 0.1) is 30.9 Å². The molecule has 0 aliphatic rings. The van der Waals surface area contributed by atoms with E-state index >= 15 is 0 Å². The van der Waals surface area contributed by atoms with Crippen LogP contribution in [0.2, 0.25) is 0 Å². The number of anilines is 1. The number of ether oxygens (including phenoxy) is 2. The van der Waals surface area contributed by atoms with Gasteiger partial charge in [0.15, 0.2) is 0 Å². The van der Waals surface area contributed by atoms with E-state index in [1.807, 2.05) is 42.0 Å². The quantitative estimate of drug-likeness (QED) is 0.585. The molecule has 1 aromatic carbocycles. The largest absolute Gasteiger partial charge is 0.475 e. The zero-order valence-corrected chi connectivity index (χ0v) is 15.8. The highest BCUT2D eigenvalue weighted by atomic mass is 16.5. The molecule has 2 N–H and O–H groups in total. The van der Waals surface area contributed by atoms with E-state index in [2.05, 4.69) is 20.6 Å². The maximum Gasteiger partial charge on any atom is 0.319 e. The van der Waals surface area contributed by atoms with Crippen LogP contribution in [-0.2, 0) is 4.74 Å². The second-order valence-corrected chi connectivity index (χ2v) is 6.11. The van der Waals surface area contributed by atoms with Gasteiger partial charge in [0, 0.05) is 31.3 Å². The first kappa shape index (κ1) is 19.4. The van der Waals surface area contributed by atoms with Crippen LogP contribution in [0.4, 0.5) is 10.5 Å². The summed E-state index contributed by atoms with van der Waals surface area (Å²) in [7, 11) is 1.61. The molecule has 0 bridgehead atoms. The molecule has 1 atom stereocenters. The molecule has 0 saturated heterocycles. The van der Waals surface area contributed by atoms with Crippen molar-refractivity contribution >= 4 is 11.7 Å². The average Bonchev–Trinajstić information content (AvgIpc) is 3.24. The van der Waals surface area contributed by atoms with Gasteiger partial charge in [0.2, 0.25) is 5.88 Å². The van der Waals surface area contributed by atoms with Crippen LogP contribution in [0.25, 0.3) is 5.69 Å². The molecule has 0 saturated carbocycles. The normalized spacial score (nSPS) is 11.6. The monoisotopic (exact) mass is 381 g/mol.